The molecule has 3 heteroatoms. The van der Waals surface area contributed by atoms with Crippen LogP contribution in [0.15, 0.2) is 11.6 Å². The molecule has 20 heavy (non-hydrogen) atoms. The van der Waals surface area contributed by atoms with Crippen molar-refractivity contribution in [2.24, 2.45) is 22.7 Å². The summed E-state index contributed by atoms with van der Waals surface area (Å²) >= 11 is 0. The van der Waals surface area contributed by atoms with Gasteiger partial charge in [-0.3, -0.25) is 9.59 Å². The molecule has 110 valence electrons. The van der Waals surface area contributed by atoms with Crippen molar-refractivity contribution in [2.45, 2.75) is 52.4 Å². The van der Waals surface area contributed by atoms with Crippen LogP contribution in [0.3, 0.4) is 0 Å². The van der Waals surface area contributed by atoms with Crippen LogP contribution in [0.2, 0.25) is 0 Å². The number of hydrogen-bond acceptors (Lipinski definition) is 3. The predicted octanol–water partition coefficient (Wildman–Crippen LogP) is 2.67. The molecule has 3 aliphatic rings. The summed E-state index contributed by atoms with van der Waals surface area (Å²) in [5.41, 5.74) is 0.702. The van der Waals surface area contributed by atoms with E-state index >= 15 is 0 Å². The molecule has 0 aromatic rings. The maximum Gasteiger partial charge on any atom is 0.159 e. The monoisotopic (exact) mass is 276 g/mol. The Morgan fingerprint density at radius 3 is 2.75 bits per heavy atom. The Labute approximate surface area is 120 Å². The number of Topliss-reactive ketones (excluding diaryl/α,β-unsaturated/α-hetero) is 1. The van der Waals surface area contributed by atoms with Crippen molar-refractivity contribution in [1.29, 1.82) is 0 Å². The Kier molecular flexibility index (Phi) is 3.16. The van der Waals surface area contributed by atoms with Gasteiger partial charge < -0.3 is 5.11 Å². The largest absolute Gasteiger partial charge is 0.396 e. The Morgan fingerprint density at radius 1 is 1.30 bits per heavy atom. The van der Waals surface area contributed by atoms with Crippen molar-refractivity contribution in [3.8, 4) is 0 Å². The number of fused-ring (bicyclic) bond motifs is 3. The first-order valence-corrected chi connectivity index (χ1v) is 7.79. The van der Waals surface area contributed by atoms with Crippen LogP contribution in [0, 0.1) is 22.7 Å². The number of carbonyl (C=O) groups is 2. The number of allylic oxidation sites excluding steroid dienone is 2. The molecule has 0 radical (unpaired) electrons. The van der Waals surface area contributed by atoms with Crippen molar-refractivity contribution < 1.29 is 14.7 Å². The molecule has 3 nitrogen and oxygen atoms in total. The molecular formula is C17H24O3. The van der Waals surface area contributed by atoms with Crippen molar-refractivity contribution >= 4 is 11.6 Å². The van der Waals surface area contributed by atoms with Gasteiger partial charge in [-0.25, -0.2) is 0 Å². The number of hydrogen-bond donors (Lipinski definition) is 1. The van der Waals surface area contributed by atoms with Crippen molar-refractivity contribution in [3.05, 3.63) is 11.6 Å². The first-order chi connectivity index (χ1) is 9.40. The van der Waals surface area contributed by atoms with Crippen LogP contribution in [-0.2, 0) is 9.59 Å². The van der Waals surface area contributed by atoms with E-state index in [0.29, 0.717) is 12.8 Å². The fourth-order valence-corrected chi connectivity index (χ4v) is 5.15. The lowest BCUT2D eigenvalue weighted by molar-refractivity contribution is -0.136. The first-order valence-electron chi connectivity index (χ1n) is 7.79. The number of rotatable bonds is 1. The molecule has 0 aromatic carbocycles. The lowest BCUT2D eigenvalue weighted by Crippen LogP contribution is -2.54. The molecule has 4 unspecified atom stereocenters. The molecule has 0 spiro atoms. The summed E-state index contributed by atoms with van der Waals surface area (Å²) in [7, 11) is 0. The second kappa shape index (κ2) is 4.52. The molecule has 4 atom stereocenters. The minimum absolute atomic E-state index is 0.0656. The molecule has 0 amide bonds. The van der Waals surface area contributed by atoms with Crippen LogP contribution in [-0.4, -0.2) is 23.3 Å². The maximum absolute atomic E-state index is 12.5. The smallest absolute Gasteiger partial charge is 0.159 e. The predicted molar refractivity (Wildman–Crippen MR) is 76.1 cm³/mol. The third-order valence-corrected chi connectivity index (χ3v) is 6.34. The zero-order chi connectivity index (χ0) is 14.5. The Hall–Kier alpha value is -0.960. The standard InChI is InChI=1S/C17H24O3/c1-16(10-18)6-3-7-17(2)13-5-4-11(19)8-12(13)14(20)9-15(16)17/h8,13,15,18H,3-7,9-10H2,1-2H3. The number of aliphatic hydroxyl groups is 1. The molecule has 3 rings (SSSR count). The molecule has 0 bridgehead atoms. The molecular weight excluding hydrogens is 252 g/mol. The van der Waals surface area contributed by atoms with Crippen molar-refractivity contribution in [3.63, 3.8) is 0 Å². The SMILES string of the molecule is CC1(CO)CCCC2(C)C3CCC(=O)C=C3C(=O)CC12. The van der Waals surface area contributed by atoms with Gasteiger partial charge in [-0.2, -0.15) is 0 Å². The van der Waals surface area contributed by atoms with E-state index in [4.69, 9.17) is 0 Å². The molecule has 0 aliphatic heterocycles. The molecule has 3 aliphatic carbocycles. The Bertz CT molecular complexity index is 492. The van der Waals surface area contributed by atoms with E-state index in [-0.39, 0.29) is 40.8 Å². The fourth-order valence-electron chi connectivity index (χ4n) is 5.15. The molecule has 0 saturated heterocycles. The van der Waals surface area contributed by atoms with Crippen LogP contribution < -0.4 is 0 Å². The summed E-state index contributed by atoms with van der Waals surface area (Å²) in [4.78, 5) is 24.1. The van der Waals surface area contributed by atoms with Crippen LogP contribution in [0.25, 0.3) is 0 Å². The Balaban J connectivity index is 2.05. The first kappa shape index (κ1) is 14.0. The lowest BCUT2D eigenvalue weighted by atomic mass is 9.46. The third kappa shape index (κ3) is 1.82. The van der Waals surface area contributed by atoms with Gasteiger partial charge >= 0.3 is 0 Å². The lowest BCUT2D eigenvalue weighted by Gasteiger charge is -2.58. The summed E-state index contributed by atoms with van der Waals surface area (Å²) in [6.45, 7) is 4.57. The van der Waals surface area contributed by atoms with Crippen molar-refractivity contribution in [2.75, 3.05) is 6.61 Å². The van der Waals surface area contributed by atoms with Crippen LogP contribution >= 0.6 is 0 Å². The van der Waals surface area contributed by atoms with Crippen LogP contribution in [0.5, 0.6) is 0 Å². The molecule has 2 fully saturated rings. The average Bonchev–Trinajstić information content (AvgIpc) is 2.42. The topological polar surface area (TPSA) is 54.4 Å². The summed E-state index contributed by atoms with van der Waals surface area (Å²) in [6, 6.07) is 0. The second-order valence-electron chi connectivity index (χ2n) is 7.51. The minimum Gasteiger partial charge on any atom is -0.396 e. The highest BCUT2D eigenvalue weighted by Crippen LogP contribution is 2.61. The summed E-state index contributed by atoms with van der Waals surface area (Å²) < 4.78 is 0. The summed E-state index contributed by atoms with van der Waals surface area (Å²) in [6.07, 6.45) is 6.71. The highest BCUT2D eigenvalue weighted by Gasteiger charge is 2.57. The minimum atomic E-state index is -0.143. The van der Waals surface area contributed by atoms with Gasteiger partial charge in [0.25, 0.3) is 0 Å². The zero-order valence-corrected chi connectivity index (χ0v) is 12.4. The van der Waals surface area contributed by atoms with E-state index in [0.717, 1.165) is 31.3 Å². The molecule has 1 N–H and O–H groups in total. The fraction of sp³-hybridized carbons (Fsp3) is 0.765. The quantitative estimate of drug-likeness (QED) is 0.801. The van der Waals surface area contributed by atoms with Gasteiger partial charge in [0.15, 0.2) is 11.6 Å². The van der Waals surface area contributed by atoms with Crippen molar-refractivity contribution in [1.82, 2.24) is 0 Å². The molecule has 0 aromatic heterocycles. The van der Waals surface area contributed by atoms with E-state index in [1.54, 1.807) is 6.08 Å². The van der Waals surface area contributed by atoms with Gasteiger partial charge in [0, 0.05) is 25.0 Å². The summed E-state index contributed by atoms with van der Waals surface area (Å²) in [5, 5.41) is 9.85. The van der Waals surface area contributed by atoms with E-state index in [9.17, 15) is 14.7 Å². The van der Waals surface area contributed by atoms with Gasteiger partial charge in [0.1, 0.15) is 0 Å². The highest BCUT2D eigenvalue weighted by molar-refractivity contribution is 6.05. The van der Waals surface area contributed by atoms with Gasteiger partial charge in [-0.15, -0.1) is 0 Å². The van der Waals surface area contributed by atoms with E-state index < -0.39 is 0 Å². The van der Waals surface area contributed by atoms with Crippen LogP contribution in [0.1, 0.15) is 52.4 Å². The van der Waals surface area contributed by atoms with Gasteiger partial charge in [0.2, 0.25) is 0 Å². The molecule has 2 saturated carbocycles. The zero-order valence-electron chi connectivity index (χ0n) is 12.4. The van der Waals surface area contributed by atoms with Crippen LogP contribution in [0.4, 0.5) is 0 Å². The van der Waals surface area contributed by atoms with E-state index in [1.807, 2.05) is 0 Å². The van der Waals surface area contributed by atoms with E-state index in [1.165, 1.54) is 0 Å². The summed E-state index contributed by atoms with van der Waals surface area (Å²) in [5.74, 6) is 0.716. The average molecular weight is 276 g/mol. The maximum atomic E-state index is 12.5. The second-order valence-corrected chi connectivity index (χ2v) is 7.51. The number of ketones is 2. The van der Waals surface area contributed by atoms with Gasteiger partial charge in [-0.05, 0) is 48.0 Å². The van der Waals surface area contributed by atoms with Gasteiger partial charge in [0.05, 0.1) is 0 Å². The number of carbonyl (C=O) groups excluding carboxylic acids is 2. The molecule has 0 heterocycles. The number of aliphatic hydroxyl groups excluding tert-OH is 1. The Morgan fingerprint density at radius 2 is 2.05 bits per heavy atom. The normalized spacial score (nSPS) is 44.6. The van der Waals surface area contributed by atoms with E-state index in [2.05, 4.69) is 13.8 Å². The van der Waals surface area contributed by atoms with Gasteiger partial charge in [-0.1, -0.05) is 20.3 Å². The highest BCUT2D eigenvalue weighted by atomic mass is 16.3. The third-order valence-electron chi connectivity index (χ3n) is 6.34.